The minimum absolute atomic E-state index is 0.151. The Bertz CT molecular complexity index is 535. The van der Waals surface area contributed by atoms with Crippen LogP contribution in [0, 0.1) is 21.4 Å². The first-order chi connectivity index (χ1) is 8.18. The fraction of sp³-hybridized carbons (Fsp3) is 0.250. The summed E-state index contributed by atoms with van der Waals surface area (Å²) in [5.41, 5.74) is -6.14. The van der Waals surface area contributed by atoms with Gasteiger partial charge in [0.2, 0.25) is 0 Å². The van der Waals surface area contributed by atoms with Crippen LogP contribution in [0.25, 0.3) is 0 Å². The molecule has 96 valence electrons. The van der Waals surface area contributed by atoms with Gasteiger partial charge in [0, 0.05) is 6.07 Å². The largest absolute Gasteiger partial charge is 0.434 e. The first kappa shape index (κ1) is 13.8. The first-order valence-corrected chi connectivity index (χ1v) is 4.13. The second-order valence-electron chi connectivity index (χ2n) is 2.96. The highest BCUT2D eigenvalue weighted by atomic mass is 19.4. The van der Waals surface area contributed by atoms with Crippen LogP contribution in [0.4, 0.5) is 27.6 Å². The summed E-state index contributed by atoms with van der Waals surface area (Å²) in [5, 5.41) is 18.9. The van der Waals surface area contributed by atoms with Crippen LogP contribution in [0.1, 0.15) is 23.4 Å². The van der Waals surface area contributed by atoms with Gasteiger partial charge in [-0.25, -0.2) is 13.8 Å². The fourth-order valence-corrected chi connectivity index (χ4v) is 1.12. The summed E-state index contributed by atoms with van der Waals surface area (Å²) in [5.74, 6) is 0. The van der Waals surface area contributed by atoms with Gasteiger partial charge in [0.05, 0.1) is 4.92 Å². The van der Waals surface area contributed by atoms with E-state index < -0.39 is 40.2 Å². The van der Waals surface area contributed by atoms with Gasteiger partial charge in [-0.15, -0.1) is 0 Å². The SMILES string of the molecule is N#Cc1c([N+](=O)[O-])cc(C(F)F)nc1C(F)(F)F. The van der Waals surface area contributed by atoms with E-state index in [4.69, 9.17) is 5.26 Å². The molecule has 0 unspecified atom stereocenters. The number of pyridine rings is 1. The van der Waals surface area contributed by atoms with E-state index in [1.165, 1.54) is 0 Å². The maximum Gasteiger partial charge on any atom is 0.434 e. The van der Waals surface area contributed by atoms with Gasteiger partial charge < -0.3 is 0 Å². The molecule has 0 aliphatic carbocycles. The summed E-state index contributed by atoms with van der Waals surface area (Å²) < 4.78 is 61.9. The van der Waals surface area contributed by atoms with Gasteiger partial charge in [0.25, 0.3) is 12.1 Å². The zero-order valence-corrected chi connectivity index (χ0v) is 8.20. The van der Waals surface area contributed by atoms with Gasteiger partial charge in [-0.05, 0) is 0 Å². The molecule has 10 heteroatoms. The maximum atomic E-state index is 12.4. The average Bonchev–Trinajstić information content (AvgIpc) is 2.25. The topological polar surface area (TPSA) is 79.8 Å². The summed E-state index contributed by atoms with van der Waals surface area (Å²) in [7, 11) is 0. The predicted octanol–water partition coefficient (Wildman–Crippen LogP) is 2.82. The minimum Gasteiger partial charge on any atom is -0.258 e. The van der Waals surface area contributed by atoms with Crippen LogP contribution in [-0.4, -0.2) is 9.91 Å². The Hall–Kier alpha value is -2.31. The number of alkyl halides is 5. The van der Waals surface area contributed by atoms with E-state index in [0.29, 0.717) is 0 Å². The van der Waals surface area contributed by atoms with Crippen LogP contribution in [0.3, 0.4) is 0 Å². The zero-order chi connectivity index (χ0) is 14.1. The van der Waals surface area contributed by atoms with Gasteiger partial charge in [0.15, 0.2) is 11.3 Å². The third kappa shape index (κ3) is 2.50. The Balaban J connectivity index is 3.69. The monoisotopic (exact) mass is 267 g/mol. The quantitative estimate of drug-likeness (QED) is 0.468. The number of hydrogen-bond donors (Lipinski definition) is 0. The molecule has 18 heavy (non-hydrogen) atoms. The van der Waals surface area contributed by atoms with Crippen molar-refractivity contribution in [2.75, 3.05) is 0 Å². The summed E-state index contributed by atoms with van der Waals surface area (Å²) >= 11 is 0. The van der Waals surface area contributed by atoms with E-state index in [-0.39, 0.29) is 6.07 Å². The van der Waals surface area contributed by atoms with Crippen molar-refractivity contribution in [3.63, 3.8) is 0 Å². The van der Waals surface area contributed by atoms with Crippen molar-refractivity contribution in [1.82, 2.24) is 4.98 Å². The van der Waals surface area contributed by atoms with Gasteiger partial charge in [-0.2, -0.15) is 18.4 Å². The van der Waals surface area contributed by atoms with Crippen molar-refractivity contribution in [1.29, 1.82) is 5.26 Å². The molecule has 0 aliphatic heterocycles. The molecule has 0 saturated heterocycles. The van der Waals surface area contributed by atoms with Crippen LogP contribution >= 0.6 is 0 Å². The molecule has 0 radical (unpaired) electrons. The Morgan fingerprint density at radius 3 is 2.33 bits per heavy atom. The van der Waals surface area contributed by atoms with Gasteiger partial charge in [-0.3, -0.25) is 10.1 Å². The maximum absolute atomic E-state index is 12.4. The number of nitrogens with zero attached hydrogens (tertiary/aromatic N) is 3. The molecular weight excluding hydrogens is 265 g/mol. The highest BCUT2D eigenvalue weighted by molar-refractivity contribution is 5.53. The molecule has 0 aliphatic rings. The fourth-order valence-electron chi connectivity index (χ4n) is 1.12. The summed E-state index contributed by atoms with van der Waals surface area (Å²) in [4.78, 5) is 11.7. The number of nitriles is 1. The summed E-state index contributed by atoms with van der Waals surface area (Å²) in [6.45, 7) is 0. The van der Waals surface area contributed by atoms with E-state index >= 15 is 0 Å². The van der Waals surface area contributed by atoms with Crippen molar-refractivity contribution < 1.29 is 26.9 Å². The van der Waals surface area contributed by atoms with E-state index in [1.54, 1.807) is 0 Å². The van der Waals surface area contributed by atoms with Crippen LogP contribution < -0.4 is 0 Å². The number of hydrogen-bond acceptors (Lipinski definition) is 4. The summed E-state index contributed by atoms with van der Waals surface area (Å²) in [6, 6.07) is 1.10. The third-order valence-electron chi connectivity index (χ3n) is 1.82. The van der Waals surface area contributed by atoms with E-state index in [1.807, 2.05) is 0 Å². The summed E-state index contributed by atoms with van der Waals surface area (Å²) in [6.07, 6.45) is -8.65. The third-order valence-corrected chi connectivity index (χ3v) is 1.82. The Kier molecular flexibility index (Phi) is 3.45. The zero-order valence-electron chi connectivity index (χ0n) is 8.20. The molecule has 0 fully saturated rings. The van der Waals surface area contributed by atoms with Gasteiger partial charge in [0.1, 0.15) is 11.8 Å². The lowest BCUT2D eigenvalue weighted by Gasteiger charge is -2.09. The Labute approximate surface area is 95.6 Å². The molecule has 0 N–H and O–H groups in total. The second-order valence-corrected chi connectivity index (χ2v) is 2.96. The highest BCUT2D eigenvalue weighted by Crippen LogP contribution is 2.36. The molecule has 0 saturated carbocycles. The smallest absolute Gasteiger partial charge is 0.258 e. The number of rotatable bonds is 2. The van der Waals surface area contributed by atoms with E-state index in [2.05, 4.69) is 4.98 Å². The Morgan fingerprint density at radius 1 is 1.44 bits per heavy atom. The second kappa shape index (κ2) is 4.52. The Morgan fingerprint density at radius 2 is 2.00 bits per heavy atom. The molecule has 0 aromatic carbocycles. The van der Waals surface area contributed by atoms with Gasteiger partial charge in [-0.1, -0.05) is 0 Å². The van der Waals surface area contributed by atoms with Crippen LogP contribution in [0.15, 0.2) is 6.07 Å². The standard InChI is InChI=1S/C8H2F5N3O2/c9-7(10)4-1-5(16(17)18)3(2-14)6(15-4)8(11,12)13/h1,7H. The van der Waals surface area contributed by atoms with Crippen molar-refractivity contribution in [2.24, 2.45) is 0 Å². The highest BCUT2D eigenvalue weighted by Gasteiger charge is 2.40. The van der Waals surface area contributed by atoms with Crippen LogP contribution in [-0.2, 0) is 6.18 Å². The normalized spacial score (nSPS) is 11.4. The predicted molar refractivity (Wildman–Crippen MR) is 45.6 cm³/mol. The molecule has 0 spiro atoms. The van der Waals surface area contributed by atoms with Gasteiger partial charge >= 0.3 is 6.18 Å². The first-order valence-electron chi connectivity index (χ1n) is 4.13. The van der Waals surface area contributed by atoms with Crippen molar-refractivity contribution >= 4 is 5.69 Å². The van der Waals surface area contributed by atoms with E-state index in [0.717, 1.165) is 6.07 Å². The molecule has 0 bridgehead atoms. The number of aromatic nitrogens is 1. The molecule has 5 nitrogen and oxygen atoms in total. The van der Waals surface area contributed by atoms with Crippen LogP contribution in [0.5, 0.6) is 0 Å². The molecule has 1 heterocycles. The number of halogens is 5. The van der Waals surface area contributed by atoms with E-state index in [9.17, 15) is 32.1 Å². The van der Waals surface area contributed by atoms with Crippen LogP contribution in [0.2, 0.25) is 0 Å². The lowest BCUT2D eigenvalue weighted by Crippen LogP contribution is -2.14. The molecular formula is C8H2F5N3O2. The number of nitro groups is 1. The van der Waals surface area contributed by atoms with Crippen molar-refractivity contribution in [3.05, 3.63) is 33.1 Å². The van der Waals surface area contributed by atoms with Crippen molar-refractivity contribution in [3.8, 4) is 6.07 Å². The lowest BCUT2D eigenvalue weighted by atomic mass is 10.1. The molecule has 1 aromatic rings. The molecule has 1 rings (SSSR count). The lowest BCUT2D eigenvalue weighted by molar-refractivity contribution is -0.385. The minimum atomic E-state index is -5.24. The molecule has 1 aromatic heterocycles. The molecule has 0 atom stereocenters. The molecule has 0 amide bonds. The van der Waals surface area contributed by atoms with Crippen molar-refractivity contribution in [2.45, 2.75) is 12.6 Å². The average molecular weight is 267 g/mol.